The fourth-order valence-corrected chi connectivity index (χ4v) is 1.63. The first kappa shape index (κ1) is 11.1. The van der Waals surface area contributed by atoms with Gasteiger partial charge in [-0.3, -0.25) is 0 Å². The Bertz CT molecular complexity index is 250. The van der Waals surface area contributed by atoms with E-state index in [1.165, 1.54) is 11.3 Å². The first-order chi connectivity index (χ1) is 6.81. The van der Waals surface area contributed by atoms with E-state index < -0.39 is 0 Å². The third-order valence-electron chi connectivity index (χ3n) is 2.50. The zero-order valence-electron chi connectivity index (χ0n) is 9.16. The standard InChI is InChI=1S/C12H20N2/c1-3-14(4-2)12-7-5-11(6-8-12)9-10-13/h5-8H,3-4,9-10,13H2,1-2H3. The van der Waals surface area contributed by atoms with Gasteiger partial charge in [-0.1, -0.05) is 12.1 Å². The Morgan fingerprint density at radius 2 is 1.64 bits per heavy atom. The van der Waals surface area contributed by atoms with Crippen molar-refractivity contribution in [1.29, 1.82) is 0 Å². The van der Waals surface area contributed by atoms with Crippen LogP contribution in [0.15, 0.2) is 24.3 Å². The molecule has 1 aromatic carbocycles. The number of anilines is 1. The minimum atomic E-state index is 0.727. The van der Waals surface area contributed by atoms with E-state index >= 15 is 0 Å². The Morgan fingerprint density at radius 1 is 1.07 bits per heavy atom. The summed E-state index contributed by atoms with van der Waals surface area (Å²) in [6, 6.07) is 8.69. The summed E-state index contributed by atoms with van der Waals surface area (Å²) in [7, 11) is 0. The lowest BCUT2D eigenvalue weighted by Gasteiger charge is -2.21. The van der Waals surface area contributed by atoms with Crippen molar-refractivity contribution < 1.29 is 0 Å². The van der Waals surface area contributed by atoms with E-state index in [0.29, 0.717) is 0 Å². The second-order valence-electron chi connectivity index (χ2n) is 3.38. The van der Waals surface area contributed by atoms with Gasteiger partial charge < -0.3 is 10.6 Å². The summed E-state index contributed by atoms with van der Waals surface area (Å²) in [6.45, 7) is 7.21. The van der Waals surface area contributed by atoms with Crippen molar-refractivity contribution in [3.63, 3.8) is 0 Å². The summed E-state index contributed by atoms with van der Waals surface area (Å²) in [5, 5.41) is 0. The first-order valence-electron chi connectivity index (χ1n) is 5.35. The van der Waals surface area contributed by atoms with Crippen LogP contribution < -0.4 is 10.6 Å². The molecule has 2 N–H and O–H groups in total. The van der Waals surface area contributed by atoms with E-state index in [9.17, 15) is 0 Å². The van der Waals surface area contributed by atoms with Crippen molar-refractivity contribution in [2.45, 2.75) is 20.3 Å². The number of nitrogens with zero attached hydrogens (tertiary/aromatic N) is 1. The van der Waals surface area contributed by atoms with E-state index in [1.807, 2.05) is 0 Å². The molecule has 0 bridgehead atoms. The molecule has 0 saturated carbocycles. The normalized spacial score (nSPS) is 10.2. The molecule has 0 atom stereocenters. The molecule has 0 heterocycles. The smallest absolute Gasteiger partial charge is 0.0366 e. The quantitative estimate of drug-likeness (QED) is 0.773. The predicted octanol–water partition coefficient (Wildman–Crippen LogP) is 2.03. The van der Waals surface area contributed by atoms with Crippen LogP contribution >= 0.6 is 0 Å². The number of rotatable bonds is 5. The van der Waals surface area contributed by atoms with Crippen LogP contribution in [0.1, 0.15) is 19.4 Å². The van der Waals surface area contributed by atoms with E-state index in [2.05, 4.69) is 43.0 Å². The SMILES string of the molecule is CCN(CC)c1ccc(CCN)cc1. The lowest BCUT2D eigenvalue weighted by molar-refractivity contribution is 0.865. The first-order valence-corrected chi connectivity index (χ1v) is 5.35. The van der Waals surface area contributed by atoms with Crippen LogP contribution in [0.5, 0.6) is 0 Å². The zero-order chi connectivity index (χ0) is 10.4. The molecule has 78 valence electrons. The van der Waals surface area contributed by atoms with Crippen molar-refractivity contribution in [3.8, 4) is 0 Å². The van der Waals surface area contributed by atoms with Crippen molar-refractivity contribution in [3.05, 3.63) is 29.8 Å². The molecule has 0 aromatic heterocycles. The number of nitrogens with two attached hydrogens (primary N) is 1. The molecular weight excluding hydrogens is 172 g/mol. The van der Waals surface area contributed by atoms with Gasteiger partial charge >= 0.3 is 0 Å². The average molecular weight is 192 g/mol. The van der Waals surface area contributed by atoms with Crippen molar-refractivity contribution >= 4 is 5.69 Å². The highest BCUT2D eigenvalue weighted by molar-refractivity contribution is 5.47. The molecule has 0 unspecified atom stereocenters. The van der Waals surface area contributed by atoms with Gasteiger partial charge in [-0.25, -0.2) is 0 Å². The third kappa shape index (κ3) is 2.74. The van der Waals surface area contributed by atoms with Crippen molar-refractivity contribution in [2.75, 3.05) is 24.5 Å². The Labute approximate surface area is 86.7 Å². The molecule has 0 amide bonds. The molecular formula is C12H20N2. The van der Waals surface area contributed by atoms with E-state index in [1.54, 1.807) is 0 Å². The maximum Gasteiger partial charge on any atom is 0.0366 e. The van der Waals surface area contributed by atoms with Crippen LogP contribution in [0.25, 0.3) is 0 Å². The molecule has 2 heteroatoms. The molecule has 0 aliphatic rings. The molecule has 2 nitrogen and oxygen atoms in total. The van der Waals surface area contributed by atoms with Gasteiger partial charge in [0.05, 0.1) is 0 Å². The largest absolute Gasteiger partial charge is 0.372 e. The van der Waals surface area contributed by atoms with Crippen LogP contribution in [0, 0.1) is 0 Å². The van der Waals surface area contributed by atoms with E-state index in [-0.39, 0.29) is 0 Å². The van der Waals surface area contributed by atoms with Gasteiger partial charge in [0.1, 0.15) is 0 Å². The number of hydrogen-bond donors (Lipinski definition) is 1. The predicted molar refractivity (Wildman–Crippen MR) is 62.8 cm³/mol. The summed E-state index contributed by atoms with van der Waals surface area (Å²) in [6.07, 6.45) is 0.971. The Kier molecular flexibility index (Phi) is 4.47. The molecule has 0 spiro atoms. The van der Waals surface area contributed by atoms with Crippen LogP contribution in [-0.2, 0) is 6.42 Å². The second-order valence-corrected chi connectivity index (χ2v) is 3.38. The van der Waals surface area contributed by atoms with Crippen LogP contribution in [0.3, 0.4) is 0 Å². The molecule has 0 aliphatic heterocycles. The van der Waals surface area contributed by atoms with Crippen LogP contribution in [0.4, 0.5) is 5.69 Å². The van der Waals surface area contributed by atoms with Gasteiger partial charge in [-0.2, -0.15) is 0 Å². The maximum atomic E-state index is 5.50. The van der Waals surface area contributed by atoms with Crippen molar-refractivity contribution in [1.82, 2.24) is 0 Å². The molecule has 1 rings (SSSR count). The number of hydrogen-bond acceptors (Lipinski definition) is 2. The maximum absolute atomic E-state index is 5.50. The van der Waals surface area contributed by atoms with Gasteiger partial charge in [-0.05, 0) is 44.5 Å². The Balaban J connectivity index is 2.71. The Morgan fingerprint density at radius 3 is 2.07 bits per heavy atom. The number of benzene rings is 1. The summed E-state index contributed by atoms with van der Waals surface area (Å²) in [5.74, 6) is 0. The molecule has 14 heavy (non-hydrogen) atoms. The van der Waals surface area contributed by atoms with Crippen LogP contribution in [-0.4, -0.2) is 19.6 Å². The molecule has 0 aliphatic carbocycles. The fraction of sp³-hybridized carbons (Fsp3) is 0.500. The minimum Gasteiger partial charge on any atom is -0.372 e. The highest BCUT2D eigenvalue weighted by atomic mass is 15.1. The lowest BCUT2D eigenvalue weighted by Crippen LogP contribution is -2.21. The minimum absolute atomic E-state index is 0.727. The highest BCUT2D eigenvalue weighted by Crippen LogP contribution is 2.14. The molecule has 0 saturated heterocycles. The summed E-state index contributed by atoms with van der Waals surface area (Å²) in [5.41, 5.74) is 8.12. The van der Waals surface area contributed by atoms with Crippen LogP contribution in [0.2, 0.25) is 0 Å². The molecule has 1 aromatic rings. The van der Waals surface area contributed by atoms with Crippen molar-refractivity contribution in [2.24, 2.45) is 5.73 Å². The third-order valence-corrected chi connectivity index (χ3v) is 2.50. The van der Waals surface area contributed by atoms with Gasteiger partial charge in [0, 0.05) is 18.8 Å². The summed E-state index contributed by atoms with van der Waals surface area (Å²) < 4.78 is 0. The lowest BCUT2D eigenvalue weighted by atomic mass is 10.1. The highest BCUT2D eigenvalue weighted by Gasteiger charge is 2.00. The van der Waals surface area contributed by atoms with Gasteiger partial charge in [0.15, 0.2) is 0 Å². The fourth-order valence-electron chi connectivity index (χ4n) is 1.63. The topological polar surface area (TPSA) is 29.3 Å². The Hall–Kier alpha value is -1.02. The second kappa shape index (κ2) is 5.66. The van der Waals surface area contributed by atoms with Gasteiger partial charge in [0.25, 0.3) is 0 Å². The van der Waals surface area contributed by atoms with E-state index in [4.69, 9.17) is 5.73 Å². The van der Waals surface area contributed by atoms with Gasteiger partial charge in [-0.15, -0.1) is 0 Å². The van der Waals surface area contributed by atoms with E-state index in [0.717, 1.165) is 26.1 Å². The average Bonchev–Trinajstić information content (AvgIpc) is 2.23. The molecule has 0 fully saturated rings. The zero-order valence-corrected chi connectivity index (χ0v) is 9.16. The molecule has 0 radical (unpaired) electrons. The monoisotopic (exact) mass is 192 g/mol. The van der Waals surface area contributed by atoms with Gasteiger partial charge in [0.2, 0.25) is 0 Å². The summed E-state index contributed by atoms with van der Waals surface area (Å²) in [4.78, 5) is 2.34. The summed E-state index contributed by atoms with van der Waals surface area (Å²) >= 11 is 0.